The van der Waals surface area contributed by atoms with Crippen LogP contribution < -0.4 is 5.32 Å². The van der Waals surface area contributed by atoms with Gasteiger partial charge >= 0.3 is 5.97 Å². The van der Waals surface area contributed by atoms with Crippen molar-refractivity contribution in [2.75, 3.05) is 26.9 Å². The van der Waals surface area contributed by atoms with Gasteiger partial charge in [0.25, 0.3) is 5.69 Å². The molecule has 0 aliphatic carbocycles. The molecule has 0 saturated heterocycles. The first-order chi connectivity index (χ1) is 12.8. The molecule has 1 atom stereocenters. The Morgan fingerprint density at radius 3 is 2.74 bits per heavy atom. The summed E-state index contributed by atoms with van der Waals surface area (Å²) < 4.78 is 10.2. The van der Waals surface area contributed by atoms with E-state index in [1.54, 1.807) is 17.9 Å². The van der Waals surface area contributed by atoms with Gasteiger partial charge in [0.15, 0.2) is 5.11 Å². The highest BCUT2D eigenvalue weighted by atomic mass is 35.5. The third-order valence-electron chi connectivity index (χ3n) is 4.15. The second kappa shape index (κ2) is 9.12. The Morgan fingerprint density at radius 2 is 2.15 bits per heavy atom. The standard InChI is InChI=1S/C17H20ClN3O5S/c1-4-20-10(2)14(16(22)26-8-7-25-3)15(19-17(20)27)11-5-6-12(18)13(9-11)21(23)24/h5-6,9,15H,4,7-8H2,1-3H3,(H,19,27)/t15-/m1/s1. The predicted molar refractivity (Wildman–Crippen MR) is 104 cm³/mol. The maximum absolute atomic E-state index is 12.7. The zero-order chi connectivity index (χ0) is 20.1. The summed E-state index contributed by atoms with van der Waals surface area (Å²) in [5, 5.41) is 14.7. The van der Waals surface area contributed by atoms with Crippen LogP contribution in [0.25, 0.3) is 0 Å². The molecule has 10 heteroatoms. The normalized spacial score (nSPS) is 17.0. The number of thiocarbonyl (C=S) groups is 1. The minimum Gasteiger partial charge on any atom is -0.460 e. The van der Waals surface area contributed by atoms with E-state index in [1.165, 1.54) is 19.2 Å². The fourth-order valence-corrected chi connectivity index (χ4v) is 3.39. The van der Waals surface area contributed by atoms with Gasteiger partial charge in [-0.1, -0.05) is 17.7 Å². The van der Waals surface area contributed by atoms with Crippen LogP contribution >= 0.6 is 23.8 Å². The molecule has 1 aliphatic rings. The number of carbonyl (C=O) groups is 1. The topological polar surface area (TPSA) is 93.9 Å². The number of hydrogen-bond donors (Lipinski definition) is 1. The molecule has 1 heterocycles. The molecule has 1 aromatic rings. The number of benzene rings is 1. The van der Waals surface area contributed by atoms with E-state index < -0.39 is 16.9 Å². The molecule has 0 aromatic heterocycles. The average molecular weight is 414 g/mol. The van der Waals surface area contributed by atoms with Gasteiger partial charge < -0.3 is 19.7 Å². The number of halogens is 1. The highest BCUT2D eigenvalue weighted by Gasteiger charge is 2.35. The minimum atomic E-state index is -0.689. The molecule has 2 rings (SSSR count). The van der Waals surface area contributed by atoms with E-state index in [4.69, 9.17) is 33.3 Å². The molecule has 0 amide bonds. The first-order valence-corrected chi connectivity index (χ1v) is 8.99. The van der Waals surface area contributed by atoms with Gasteiger partial charge in [-0.05, 0) is 37.7 Å². The van der Waals surface area contributed by atoms with Crippen molar-refractivity contribution < 1.29 is 19.2 Å². The van der Waals surface area contributed by atoms with Crippen LogP contribution in [0, 0.1) is 10.1 Å². The number of ether oxygens (including phenoxy) is 2. The Morgan fingerprint density at radius 1 is 1.44 bits per heavy atom. The van der Waals surface area contributed by atoms with Gasteiger partial charge in [-0.25, -0.2) is 4.79 Å². The predicted octanol–water partition coefficient (Wildman–Crippen LogP) is 2.96. The van der Waals surface area contributed by atoms with Crippen molar-refractivity contribution in [3.8, 4) is 0 Å². The van der Waals surface area contributed by atoms with Crippen molar-refractivity contribution in [1.82, 2.24) is 10.2 Å². The van der Waals surface area contributed by atoms with Crippen LogP contribution in [0.15, 0.2) is 29.5 Å². The number of esters is 1. The molecular weight excluding hydrogens is 394 g/mol. The Labute approximate surface area is 167 Å². The Balaban J connectivity index is 2.50. The van der Waals surface area contributed by atoms with Crippen LogP contribution in [-0.4, -0.2) is 47.8 Å². The summed E-state index contributed by atoms with van der Waals surface area (Å²) in [7, 11) is 1.51. The molecule has 146 valence electrons. The number of nitro benzene ring substituents is 1. The lowest BCUT2D eigenvalue weighted by atomic mass is 9.94. The fraction of sp³-hybridized carbons (Fsp3) is 0.412. The number of nitrogens with one attached hydrogen (secondary N) is 1. The summed E-state index contributed by atoms with van der Waals surface area (Å²) in [6, 6.07) is 3.69. The molecule has 1 aromatic carbocycles. The van der Waals surface area contributed by atoms with Crippen LogP contribution in [-0.2, 0) is 14.3 Å². The minimum absolute atomic E-state index is 0.0160. The van der Waals surface area contributed by atoms with Gasteiger partial charge in [-0.3, -0.25) is 10.1 Å². The van der Waals surface area contributed by atoms with E-state index in [0.29, 0.717) is 28.5 Å². The number of methoxy groups -OCH3 is 1. The molecule has 0 fully saturated rings. The van der Waals surface area contributed by atoms with Crippen LogP contribution in [0.3, 0.4) is 0 Å². The fourth-order valence-electron chi connectivity index (χ4n) is 2.82. The van der Waals surface area contributed by atoms with E-state index >= 15 is 0 Å². The largest absolute Gasteiger partial charge is 0.460 e. The second-order valence-electron chi connectivity index (χ2n) is 5.72. The van der Waals surface area contributed by atoms with Gasteiger partial charge in [-0.15, -0.1) is 0 Å². The summed E-state index contributed by atoms with van der Waals surface area (Å²) in [4.78, 5) is 25.1. The Bertz CT molecular complexity index is 799. The van der Waals surface area contributed by atoms with Crippen molar-refractivity contribution in [3.05, 3.63) is 50.2 Å². The maximum atomic E-state index is 12.7. The van der Waals surface area contributed by atoms with Crippen molar-refractivity contribution in [1.29, 1.82) is 0 Å². The quantitative estimate of drug-likeness (QED) is 0.240. The SMILES string of the molecule is CCN1C(=S)N[C@H](c2ccc(Cl)c([N+](=O)[O-])c2)C(C(=O)OCCOC)=C1C. The van der Waals surface area contributed by atoms with E-state index in [9.17, 15) is 14.9 Å². The molecule has 1 N–H and O–H groups in total. The lowest BCUT2D eigenvalue weighted by Gasteiger charge is -2.37. The van der Waals surface area contributed by atoms with Gasteiger partial charge in [0.05, 0.1) is 23.1 Å². The van der Waals surface area contributed by atoms with E-state index in [-0.39, 0.29) is 23.9 Å². The van der Waals surface area contributed by atoms with Crippen LogP contribution in [0.4, 0.5) is 5.69 Å². The third kappa shape index (κ3) is 4.55. The first-order valence-electron chi connectivity index (χ1n) is 8.20. The van der Waals surface area contributed by atoms with Crippen molar-refractivity contribution in [2.24, 2.45) is 0 Å². The van der Waals surface area contributed by atoms with E-state index in [2.05, 4.69) is 5.32 Å². The molecule has 0 spiro atoms. The molecule has 8 nitrogen and oxygen atoms in total. The average Bonchev–Trinajstić information content (AvgIpc) is 2.61. The molecule has 0 radical (unpaired) electrons. The zero-order valence-electron chi connectivity index (χ0n) is 15.2. The van der Waals surface area contributed by atoms with E-state index in [1.807, 2.05) is 6.92 Å². The number of carbonyl (C=O) groups excluding carboxylic acids is 1. The van der Waals surface area contributed by atoms with Crippen LogP contribution in [0.5, 0.6) is 0 Å². The molecule has 0 unspecified atom stereocenters. The third-order valence-corrected chi connectivity index (χ3v) is 4.81. The number of allylic oxidation sites excluding steroid dienone is 1. The first kappa shape index (κ1) is 21.1. The zero-order valence-corrected chi connectivity index (χ0v) is 16.7. The van der Waals surface area contributed by atoms with Gasteiger partial charge in [0.2, 0.25) is 0 Å². The molecule has 1 aliphatic heterocycles. The van der Waals surface area contributed by atoms with Gasteiger partial charge in [-0.2, -0.15) is 0 Å². The van der Waals surface area contributed by atoms with Gasteiger partial charge in [0.1, 0.15) is 11.6 Å². The van der Waals surface area contributed by atoms with Crippen molar-refractivity contribution >= 4 is 40.6 Å². The lowest BCUT2D eigenvalue weighted by Crippen LogP contribution is -2.47. The monoisotopic (exact) mass is 413 g/mol. The van der Waals surface area contributed by atoms with Crippen molar-refractivity contribution in [2.45, 2.75) is 19.9 Å². The highest BCUT2D eigenvalue weighted by molar-refractivity contribution is 7.80. The molecule has 27 heavy (non-hydrogen) atoms. The number of nitrogens with zero attached hydrogens (tertiary/aromatic N) is 2. The summed E-state index contributed by atoms with van der Waals surface area (Å²) >= 11 is 11.3. The number of hydrogen-bond acceptors (Lipinski definition) is 6. The maximum Gasteiger partial charge on any atom is 0.338 e. The summed E-state index contributed by atoms with van der Waals surface area (Å²) in [6.07, 6.45) is 0. The molecule has 0 saturated carbocycles. The summed E-state index contributed by atoms with van der Waals surface area (Å²) in [6.45, 7) is 4.58. The number of nitro groups is 1. The van der Waals surface area contributed by atoms with Gasteiger partial charge in [0, 0.05) is 25.4 Å². The molecular formula is C17H20ClN3O5S. The smallest absolute Gasteiger partial charge is 0.338 e. The van der Waals surface area contributed by atoms with Crippen molar-refractivity contribution in [3.63, 3.8) is 0 Å². The second-order valence-corrected chi connectivity index (χ2v) is 6.52. The van der Waals surface area contributed by atoms with Crippen LogP contribution in [0.1, 0.15) is 25.5 Å². The van der Waals surface area contributed by atoms with E-state index in [0.717, 1.165) is 0 Å². The Kier molecular flexibility index (Phi) is 7.11. The Hall–Kier alpha value is -2.23. The van der Waals surface area contributed by atoms with Crippen LogP contribution in [0.2, 0.25) is 5.02 Å². The number of rotatable bonds is 7. The summed E-state index contributed by atoms with van der Waals surface area (Å²) in [5.74, 6) is -0.541. The summed E-state index contributed by atoms with van der Waals surface area (Å²) in [5.41, 5.74) is 1.20. The highest BCUT2D eigenvalue weighted by Crippen LogP contribution is 2.35. The molecule has 0 bridgehead atoms. The lowest BCUT2D eigenvalue weighted by molar-refractivity contribution is -0.384.